The number of likely N-dealkylation sites (N-methyl/N-ethyl adjacent to an activating group) is 1. The Hall–Kier alpha value is -0.0800. The van der Waals surface area contributed by atoms with Gasteiger partial charge in [-0.1, -0.05) is 41.5 Å². The van der Waals surface area contributed by atoms with Gasteiger partial charge in [-0.25, -0.2) is 0 Å². The van der Waals surface area contributed by atoms with E-state index in [1.165, 1.54) is 0 Å². The molecule has 0 radical (unpaired) electrons. The van der Waals surface area contributed by atoms with Crippen LogP contribution in [0.15, 0.2) is 0 Å². The van der Waals surface area contributed by atoms with Crippen molar-refractivity contribution in [1.82, 2.24) is 4.90 Å². The van der Waals surface area contributed by atoms with E-state index in [1.54, 1.807) is 0 Å². The van der Waals surface area contributed by atoms with Gasteiger partial charge in [-0.05, 0) is 25.3 Å². The molecule has 0 aliphatic rings. The number of aliphatic hydroxyl groups excluding tert-OH is 1. The molecule has 0 fully saturated rings. The van der Waals surface area contributed by atoms with E-state index in [0.717, 1.165) is 13.1 Å². The van der Waals surface area contributed by atoms with Crippen LogP contribution >= 0.6 is 0 Å². The van der Waals surface area contributed by atoms with Crippen molar-refractivity contribution >= 4 is 0 Å². The Labute approximate surface area is 96.7 Å². The molecule has 2 nitrogen and oxygen atoms in total. The van der Waals surface area contributed by atoms with E-state index in [1.807, 2.05) is 13.8 Å². The smallest absolute Gasteiger partial charge is 0.0558 e. The highest BCUT2D eigenvalue weighted by atomic mass is 16.3. The van der Waals surface area contributed by atoms with Crippen LogP contribution in [0.25, 0.3) is 0 Å². The molecule has 0 aromatic heterocycles. The normalized spacial score (nSPS) is 14.8. The molecule has 2 unspecified atom stereocenters. The minimum atomic E-state index is 0.267. The van der Waals surface area contributed by atoms with Crippen LogP contribution in [-0.4, -0.2) is 35.7 Å². The molecule has 1 N–H and O–H groups in total. The summed E-state index contributed by atoms with van der Waals surface area (Å²) in [5, 5.41) is 8.90. The summed E-state index contributed by atoms with van der Waals surface area (Å²) in [6.07, 6.45) is 0. The first-order valence-corrected chi connectivity index (χ1v) is 6.39. The van der Waals surface area contributed by atoms with E-state index in [9.17, 15) is 0 Å². The number of aliphatic hydroxyl groups is 1. The average Bonchev–Trinajstić information content (AvgIpc) is 2.26. The van der Waals surface area contributed by atoms with Crippen LogP contribution in [0.4, 0.5) is 0 Å². The first-order chi connectivity index (χ1) is 7.04. The molecule has 0 amide bonds. The number of hydrogen-bond acceptors (Lipinski definition) is 2. The van der Waals surface area contributed by atoms with Gasteiger partial charge in [0.15, 0.2) is 0 Å². The zero-order valence-corrected chi connectivity index (χ0v) is 11.7. The van der Waals surface area contributed by atoms with E-state index < -0.39 is 0 Å². The predicted octanol–water partition coefficient (Wildman–Crippen LogP) is 3.01. The summed E-state index contributed by atoms with van der Waals surface area (Å²) in [4.78, 5) is 2.34. The van der Waals surface area contributed by atoms with Crippen LogP contribution in [0.2, 0.25) is 0 Å². The van der Waals surface area contributed by atoms with Crippen molar-refractivity contribution in [3.8, 4) is 0 Å². The lowest BCUT2D eigenvalue weighted by Crippen LogP contribution is -2.40. The second-order valence-corrected chi connectivity index (χ2v) is 4.20. The molecule has 0 saturated carbocycles. The molecule has 15 heavy (non-hydrogen) atoms. The second kappa shape index (κ2) is 10.4. The van der Waals surface area contributed by atoms with Crippen molar-refractivity contribution in [2.75, 3.05) is 19.7 Å². The molecule has 0 rings (SSSR count). The first-order valence-electron chi connectivity index (χ1n) is 6.39. The Bertz CT molecular complexity index is 126. The van der Waals surface area contributed by atoms with E-state index in [4.69, 9.17) is 5.11 Å². The average molecular weight is 217 g/mol. The van der Waals surface area contributed by atoms with Crippen molar-refractivity contribution in [3.63, 3.8) is 0 Å². The second-order valence-electron chi connectivity index (χ2n) is 4.20. The molecule has 0 saturated heterocycles. The van der Waals surface area contributed by atoms with Crippen molar-refractivity contribution < 1.29 is 5.11 Å². The highest BCUT2D eigenvalue weighted by molar-refractivity contribution is 4.73. The Balaban J connectivity index is 0. The first kappa shape index (κ1) is 17.3. The molecule has 0 aliphatic heterocycles. The summed E-state index contributed by atoms with van der Waals surface area (Å²) >= 11 is 0. The zero-order chi connectivity index (χ0) is 12.4. The summed E-state index contributed by atoms with van der Waals surface area (Å²) in [6, 6.07) is 0.567. The van der Waals surface area contributed by atoms with E-state index in [-0.39, 0.29) is 6.61 Å². The molecule has 0 heterocycles. The summed E-state index contributed by atoms with van der Waals surface area (Å²) in [5.41, 5.74) is 0. The van der Waals surface area contributed by atoms with Gasteiger partial charge >= 0.3 is 0 Å². The van der Waals surface area contributed by atoms with Gasteiger partial charge in [0.2, 0.25) is 0 Å². The molecule has 2 atom stereocenters. The third-order valence-corrected chi connectivity index (χ3v) is 3.18. The molecule has 0 aliphatic carbocycles. The Morgan fingerprint density at radius 2 is 1.53 bits per heavy atom. The standard InChI is InChI=1S/C11H25NO.C2H6/c1-6-12(7-8-13)11(5)10(4)9(2)3;1-2/h9-11,13H,6-8H2,1-5H3;1-2H3. The quantitative estimate of drug-likeness (QED) is 0.739. The van der Waals surface area contributed by atoms with Gasteiger partial charge in [-0.15, -0.1) is 0 Å². The van der Waals surface area contributed by atoms with Gasteiger partial charge in [0, 0.05) is 12.6 Å². The molecular formula is C13H31NO. The lowest BCUT2D eigenvalue weighted by Gasteiger charge is -2.33. The van der Waals surface area contributed by atoms with Crippen LogP contribution in [0.1, 0.15) is 48.5 Å². The third kappa shape index (κ3) is 6.91. The van der Waals surface area contributed by atoms with Crippen LogP contribution in [0.3, 0.4) is 0 Å². The van der Waals surface area contributed by atoms with Crippen LogP contribution in [0.5, 0.6) is 0 Å². The zero-order valence-electron chi connectivity index (χ0n) is 11.7. The Kier molecular flexibility index (Phi) is 12.1. The SMILES string of the molecule is CC.CCN(CCO)C(C)C(C)C(C)C. The molecule has 0 spiro atoms. The summed E-state index contributed by atoms with van der Waals surface area (Å²) in [5.74, 6) is 1.40. The van der Waals surface area contributed by atoms with Gasteiger partial charge < -0.3 is 5.11 Å². The van der Waals surface area contributed by atoms with Crippen LogP contribution in [0, 0.1) is 11.8 Å². The van der Waals surface area contributed by atoms with Gasteiger partial charge in [-0.3, -0.25) is 4.90 Å². The van der Waals surface area contributed by atoms with Gasteiger partial charge in [0.05, 0.1) is 6.61 Å². The molecule has 94 valence electrons. The van der Waals surface area contributed by atoms with E-state index in [0.29, 0.717) is 17.9 Å². The number of nitrogens with zero attached hydrogens (tertiary/aromatic N) is 1. The monoisotopic (exact) mass is 217 g/mol. The maximum atomic E-state index is 8.90. The Morgan fingerprint density at radius 3 is 1.80 bits per heavy atom. The van der Waals surface area contributed by atoms with E-state index in [2.05, 4.69) is 39.5 Å². The molecule has 0 bridgehead atoms. The maximum absolute atomic E-state index is 8.90. The fourth-order valence-corrected chi connectivity index (χ4v) is 1.67. The highest BCUT2D eigenvalue weighted by Crippen LogP contribution is 2.18. The van der Waals surface area contributed by atoms with Crippen molar-refractivity contribution in [2.24, 2.45) is 11.8 Å². The van der Waals surface area contributed by atoms with E-state index >= 15 is 0 Å². The summed E-state index contributed by atoms with van der Waals surface area (Å²) in [7, 11) is 0. The van der Waals surface area contributed by atoms with Gasteiger partial charge in [0.25, 0.3) is 0 Å². The lowest BCUT2D eigenvalue weighted by molar-refractivity contribution is 0.116. The molecule has 0 aromatic carbocycles. The van der Waals surface area contributed by atoms with Gasteiger partial charge in [-0.2, -0.15) is 0 Å². The minimum absolute atomic E-state index is 0.267. The fraction of sp³-hybridized carbons (Fsp3) is 1.00. The Morgan fingerprint density at radius 1 is 1.07 bits per heavy atom. The topological polar surface area (TPSA) is 23.5 Å². The fourth-order valence-electron chi connectivity index (χ4n) is 1.67. The largest absolute Gasteiger partial charge is 0.395 e. The van der Waals surface area contributed by atoms with Crippen LogP contribution in [-0.2, 0) is 0 Å². The number of rotatable bonds is 6. The summed E-state index contributed by atoms with van der Waals surface area (Å²) in [6.45, 7) is 17.3. The van der Waals surface area contributed by atoms with Crippen LogP contribution < -0.4 is 0 Å². The highest BCUT2D eigenvalue weighted by Gasteiger charge is 2.20. The summed E-state index contributed by atoms with van der Waals surface area (Å²) < 4.78 is 0. The maximum Gasteiger partial charge on any atom is 0.0558 e. The third-order valence-electron chi connectivity index (χ3n) is 3.18. The van der Waals surface area contributed by atoms with Crippen molar-refractivity contribution in [1.29, 1.82) is 0 Å². The molecular weight excluding hydrogens is 186 g/mol. The predicted molar refractivity (Wildman–Crippen MR) is 69.1 cm³/mol. The molecule has 0 aromatic rings. The lowest BCUT2D eigenvalue weighted by atomic mass is 9.90. The number of hydrogen-bond donors (Lipinski definition) is 1. The van der Waals surface area contributed by atoms with Gasteiger partial charge in [0.1, 0.15) is 0 Å². The van der Waals surface area contributed by atoms with Crippen molar-refractivity contribution in [2.45, 2.75) is 54.5 Å². The molecule has 2 heteroatoms. The minimum Gasteiger partial charge on any atom is -0.395 e. The van der Waals surface area contributed by atoms with Crippen molar-refractivity contribution in [3.05, 3.63) is 0 Å².